The second kappa shape index (κ2) is 12.6. The Morgan fingerprint density at radius 3 is 1.74 bits per heavy atom. The van der Waals surface area contributed by atoms with Crippen molar-refractivity contribution in [2.24, 2.45) is 0 Å². The van der Waals surface area contributed by atoms with Crippen molar-refractivity contribution >= 4 is 57.1 Å². The highest BCUT2D eigenvalue weighted by Crippen LogP contribution is 2.24. The fraction of sp³-hybridized carbons (Fsp3) is 0.250. The zero-order valence-corrected chi connectivity index (χ0v) is 21.5. The number of nitro groups is 2. The lowest BCUT2D eigenvalue weighted by Gasteiger charge is -2.30. The van der Waals surface area contributed by atoms with E-state index in [4.69, 9.17) is 4.55 Å². The number of carbonyl (C=O) groups is 2. The number of hydrogen-bond acceptors (Lipinski definition) is 9. The molecule has 0 aromatic heterocycles. The van der Waals surface area contributed by atoms with Gasteiger partial charge in [-0.3, -0.25) is 34.4 Å². The molecule has 1 amide bonds. The standard InChI is InChI=1S/C24H23N3O9S2/c28-23(9-10-37-11-12-38(34,35)36)25-15-19(13-17-1-5-21(6-2-17)26(30)31)24(29)20(16-25)14-18-3-7-22(8-4-18)27(32)33/h1-8,13-14H,9-12,15-16H2,(H,34,35,36)/b19-13-,20-14+. The number of carbonyl (C=O) groups excluding carboxylic acids is 2. The zero-order valence-electron chi connectivity index (χ0n) is 19.9. The molecule has 200 valence electrons. The molecule has 1 aliphatic heterocycles. The van der Waals surface area contributed by atoms with Crippen LogP contribution in [0.3, 0.4) is 0 Å². The van der Waals surface area contributed by atoms with Crippen LogP contribution in [0.15, 0.2) is 59.7 Å². The number of nitrogens with zero attached hydrogens (tertiary/aromatic N) is 3. The van der Waals surface area contributed by atoms with Gasteiger partial charge in [0.2, 0.25) is 5.91 Å². The molecule has 14 heteroatoms. The minimum absolute atomic E-state index is 0.00193. The summed E-state index contributed by atoms with van der Waals surface area (Å²) in [6, 6.07) is 11.2. The van der Waals surface area contributed by atoms with Gasteiger partial charge in [0.15, 0.2) is 5.78 Å². The van der Waals surface area contributed by atoms with Crippen LogP contribution in [0.25, 0.3) is 12.2 Å². The molecule has 0 radical (unpaired) electrons. The fourth-order valence-corrected chi connectivity index (χ4v) is 5.42. The van der Waals surface area contributed by atoms with E-state index in [1.54, 1.807) is 12.2 Å². The van der Waals surface area contributed by atoms with E-state index >= 15 is 0 Å². The van der Waals surface area contributed by atoms with Gasteiger partial charge in [-0.05, 0) is 47.5 Å². The summed E-state index contributed by atoms with van der Waals surface area (Å²) >= 11 is 1.19. The van der Waals surface area contributed by atoms with Crippen molar-refractivity contribution in [2.45, 2.75) is 6.42 Å². The molecule has 0 bridgehead atoms. The number of nitro benzene ring substituents is 2. The molecular weight excluding hydrogens is 538 g/mol. The second-order valence-electron chi connectivity index (χ2n) is 8.26. The number of piperidine rings is 1. The third kappa shape index (κ3) is 8.33. The second-order valence-corrected chi connectivity index (χ2v) is 11.1. The summed E-state index contributed by atoms with van der Waals surface area (Å²) in [5.74, 6) is -0.591. The molecule has 12 nitrogen and oxygen atoms in total. The third-order valence-electron chi connectivity index (χ3n) is 5.49. The number of amides is 1. The first-order valence-electron chi connectivity index (χ1n) is 11.2. The van der Waals surface area contributed by atoms with E-state index in [9.17, 15) is 38.2 Å². The van der Waals surface area contributed by atoms with Crippen molar-refractivity contribution in [2.75, 3.05) is 30.3 Å². The predicted octanol–water partition coefficient (Wildman–Crippen LogP) is 3.39. The quantitative estimate of drug-likeness (QED) is 0.149. The summed E-state index contributed by atoms with van der Waals surface area (Å²) in [5, 5.41) is 21.9. The normalized spacial score (nSPS) is 16.1. The lowest BCUT2D eigenvalue weighted by atomic mass is 9.94. The molecule has 1 heterocycles. The first-order valence-corrected chi connectivity index (χ1v) is 13.9. The third-order valence-corrected chi connectivity index (χ3v) is 7.46. The molecule has 1 saturated heterocycles. The van der Waals surface area contributed by atoms with Crippen molar-refractivity contribution in [3.63, 3.8) is 0 Å². The van der Waals surface area contributed by atoms with Crippen LogP contribution in [0, 0.1) is 20.2 Å². The molecule has 0 spiro atoms. The number of Topliss-reactive ketones (excluding diaryl/α,β-unsaturated/α-hetero) is 1. The van der Waals surface area contributed by atoms with Gasteiger partial charge in [0.25, 0.3) is 21.5 Å². The van der Waals surface area contributed by atoms with Gasteiger partial charge in [-0.15, -0.1) is 0 Å². The Hall–Kier alpha value is -3.88. The van der Waals surface area contributed by atoms with Crippen LogP contribution in [0.1, 0.15) is 17.5 Å². The molecule has 0 unspecified atom stereocenters. The van der Waals surface area contributed by atoms with Crippen molar-refractivity contribution < 1.29 is 32.4 Å². The van der Waals surface area contributed by atoms with E-state index in [1.165, 1.54) is 65.2 Å². The van der Waals surface area contributed by atoms with Crippen LogP contribution in [0.4, 0.5) is 11.4 Å². The maximum Gasteiger partial charge on any atom is 0.269 e. The summed E-state index contributed by atoms with van der Waals surface area (Å²) in [6.45, 7) is 0.00385. The number of ketones is 1. The highest BCUT2D eigenvalue weighted by atomic mass is 32.2. The van der Waals surface area contributed by atoms with Crippen LogP contribution in [-0.2, 0) is 19.7 Å². The Labute approximate surface area is 222 Å². The predicted molar refractivity (Wildman–Crippen MR) is 142 cm³/mol. The van der Waals surface area contributed by atoms with Crippen LogP contribution < -0.4 is 0 Å². The van der Waals surface area contributed by atoms with Gasteiger partial charge in [0, 0.05) is 66.4 Å². The Bertz CT molecular complexity index is 1320. The van der Waals surface area contributed by atoms with Crippen LogP contribution >= 0.6 is 11.8 Å². The first-order chi connectivity index (χ1) is 17.9. The number of likely N-dealkylation sites (tertiary alicyclic amines) is 1. The lowest BCUT2D eigenvalue weighted by molar-refractivity contribution is -0.385. The molecule has 38 heavy (non-hydrogen) atoms. The Balaban J connectivity index is 1.83. The Morgan fingerprint density at radius 1 is 0.895 bits per heavy atom. The van der Waals surface area contributed by atoms with E-state index in [0.717, 1.165) is 0 Å². The van der Waals surface area contributed by atoms with Gasteiger partial charge in [-0.2, -0.15) is 20.2 Å². The van der Waals surface area contributed by atoms with Crippen LogP contribution in [0.5, 0.6) is 0 Å². The molecule has 0 atom stereocenters. The van der Waals surface area contributed by atoms with Crippen molar-refractivity contribution in [1.82, 2.24) is 4.90 Å². The lowest BCUT2D eigenvalue weighted by Crippen LogP contribution is -2.41. The van der Waals surface area contributed by atoms with Gasteiger partial charge < -0.3 is 4.90 Å². The zero-order chi connectivity index (χ0) is 27.9. The monoisotopic (exact) mass is 561 g/mol. The number of hydrogen-bond donors (Lipinski definition) is 1. The molecule has 2 aromatic carbocycles. The molecule has 2 aromatic rings. The van der Waals surface area contributed by atoms with Crippen molar-refractivity contribution in [3.05, 3.63) is 91.0 Å². The van der Waals surface area contributed by atoms with E-state index in [1.807, 2.05) is 0 Å². The minimum atomic E-state index is -4.08. The molecule has 3 rings (SSSR count). The topological polar surface area (TPSA) is 178 Å². The molecule has 0 aliphatic carbocycles. The van der Waals surface area contributed by atoms with Crippen molar-refractivity contribution in [1.29, 1.82) is 0 Å². The van der Waals surface area contributed by atoms with E-state index < -0.39 is 25.7 Å². The number of rotatable bonds is 10. The van der Waals surface area contributed by atoms with E-state index in [0.29, 0.717) is 16.9 Å². The maximum atomic E-state index is 13.3. The minimum Gasteiger partial charge on any atom is -0.334 e. The Kier molecular flexibility index (Phi) is 9.50. The first kappa shape index (κ1) is 28.7. The number of thioether (sulfide) groups is 1. The largest absolute Gasteiger partial charge is 0.334 e. The Morgan fingerprint density at radius 2 is 1.34 bits per heavy atom. The van der Waals surface area contributed by atoms with Gasteiger partial charge in [0.05, 0.1) is 15.6 Å². The summed E-state index contributed by atoms with van der Waals surface area (Å²) in [6.07, 6.45) is 3.17. The van der Waals surface area contributed by atoms with E-state index in [2.05, 4.69) is 0 Å². The summed E-state index contributed by atoms with van der Waals surface area (Å²) < 4.78 is 30.5. The number of benzene rings is 2. The molecule has 1 N–H and O–H groups in total. The average molecular weight is 562 g/mol. The molecule has 0 saturated carbocycles. The molecule has 1 aliphatic rings. The molecular formula is C24H23N3O9S2. The fourth-order valence-electron chi connectivity index (χ4n) is 3.59. The highest BCUT2D eigenvalue weighted by Gasteiger charge is 2.29. The average Bonchev–Trinajstić information content (AvgIpc) is 2.86. The molecule has 1 fully saturated rings. The smallest absolute Gasteiger partial charge is 0.269 e. The van der Waals surface area contributed by atoms with Crippen LogP contribution in [-0.4, -0.2) is 69.8 Å². The van der Waals surface area contributed by atoms with E-state index in [-0.39, 0.29) is 59.5 Å². The van der Waals surface area contributed by atoms with Crippen LogP contribution in [0.2, 0.25) is 0 Å². The highest BCUT2D eigenvalue weighted by molar-refractivity contribution is 8.00. The number of non-ortho nitro benzene ring substituents is 2. The SMILES string of the molecule is O=C1/C(=C\c2ccc([N+](=O)[O-])cc2)CN(C(=O)CCSCCS(=O)(=O)O)C/C1=C\c1ccc([N+](=O)[O-])cc1. The van der Waals surface area contributed by atoms with Gasteiger partial charge >= 0.3 is 0 Å². The summed E-state index contributed by atoms with van der Waals surface area (Å²) in [7, 11) is -4.08. The maximum absolute atomic E-state index is 13.3. The van der Waals surface area contributed by atoms with Crippen molar-refractivity contribution in [3.8, 4) is 0 Å². The van der Waals surface area contributed by atoms with Gasteiger partial charge in [0.1, 0.15) is 0 Å². The van der Waals surface area contributed by atoms with Gasteiger partial charge in [-0.1, -0.05) is 0 Å². The van der Waals surface area contributed by atoms with Gasteiger partial charge in [-0.25, -0.2) is 0 Å². The summed E-state index contributed by atoms with van der Waals surface area (Å²) in [5.41, 5.74) is 1.41. The summed E-state index contributed by atoms with van der Waals surface area (Å²) in [4.78, 5) is 48.4.